The van der Waals surface area contributed by atoms with Gasteiger partial charge >= 0.3 is 11.9 Å². The molecule has 1 rings (SSSR count). The molecule has 7 nitrogen and oxygen atoms in total. The van der Waals surface area contributed by atoms with Crippen LogP contribution in [0, 0.1) is 13.8 Å². The Hall–Kier alpha value is -2.12. The van der Waals surface area contributed by atoms with Crippen LogP contribution in [0.4, 0.5) is 0 Å². The van der Waals surface area contributed by atoms with Gasteiger partial charge in [0, 0.05) is 19.7 Å². The lowest BCUT2D eigenvalue weighted by Crippen LogP contribution is -2.29. The highest BCUT2D eigenvalue weighted by molar-refractivity contribution is 6.27. The molecule has 1 atom stereocenters. The van der Waals surface area contributed by atoms with Crippen LogP contribution in [0.1, 0.15) is 23.6 Å². The first-order chi connectivity index (χ1) is 10.7. The molecule has 7 heteroatoms. The van der Waals surface area contributed by atoms with Gasteiger partial charge in [-0.1, -0.05) is 6.07 Å². The van der Waals surface area contributed by atoms with Crippen molar-refractivity contribution >= 4 is 11.9 Å². The molecular weight excluding hydrogens is 302 g/mol. The fourth-order valence-electron chi connectivity index (χ4n) is 1.85. The third-order valence-corrected chi connectivity index (χ3v) is 3.09. The molecule has 0 bridgehead atoms. The molecule has 1 aromatic carbocycles. The van der Waals surface area contributed by atoms with Crippen LogP contribution in [-0.4, -0.2) is 49.0 Å². The summed E-state index contributed by atoms with van der Waals surface area (Å²) >= 11 is 0. The zero-order valence-corrected chi connectivity index (χ0v) is 14.2. The van der Waals surface area contributed by atoms with Crippen molar-refractivity contribution in [1.29, 1.82) is 0 Å². The summed E-state index contributed by atoms with van der Waals surface area (Å²) in [5, 5.41) is 18.2. The predicted molar refractivity (Wildman–Crippen MR) is 85.9 cm³/mol. The minimum atomic E-state index is -1.82. The minimum Gasteiger partial charge on any atom is -0.496 e. The first-order valence-electron chi connectivity index (χ1n) is 7.05. The largest absolute Gasteiger partial charge is 0.496 e. The zero-order valence-electron chi connectivity index (χ0n) is 14.2. The van der Waals surface area contributed by atoms with Crippen LogP contribution in [0.5, 0.6) is 5.75 Å². The van der Waals surface area contributed by atoms with Crippen molar-refractivity contribution in [2.75, 3.05) is 20.8 Å². The van der Waals surface area contributed by atoms with Gasteiger partial charge in [-0.3, -0.25) is 0 Å². The number of hydrogen-bond acceptors (Lipinski definition) is 5. The van der Waals surface area contributed by atoms with E-state index in [-0.39, 0.29) is 0 Å². The van der Waals surface area contributed by atoms with Crippen molar-refractivity contribution in [3.8, 4) is 5.75 Å². The van der Waals surface area contributed by atoms with Crippen LogP contribution in [0.15, 0.2) is 12.1 Å². The van der Waals surface area contributed by atoms with Gasteiger partial charge in [-0.2, -0.15) is 0 Å². The van der Waals surface area contributed by atoms with Crippen LogP contribution in [-0.2, 0) is 20.9 Å². The number of aliphatic carboxylic acids is 2. The predicted octanol–water partition coefficient (Wildman–Crippen LogP) is 1.59. The van der Waals surface area contributed by atoms with E-state index in [1.54, 1.807) is 14.2 Å². The van der Waals surface area contributed by atoms with E-state index < -0.39 is 11.9 Å². The summed E-state index contributed by atoms with van der Waals surface area (Å²) < 4.78 is 10.4. The number of nitrogens with one attached hydrogen (secondary N) is 1. The molecule has 0 aromatic heterocycles. The number of rotatable bonds is 6. The van der Waals surface area contributed by atoms with Crippen molar-refractivity contribution in [1.82, 2.24) is 5.32 Å². The third kappa shape index (κ3) is 8.18. The van der Waals surface area contributed by atoms with E-state index in [0.717, 1.165) is 18.9 Å². The number of aryl methyl sites for hydroxylation is 2. The van der Waals surface area contributed by atoms with E-state index in [1.807, 2.05) is 0 Å². The van der Waals surface area contributed by atoms with Gasteiger partial charge in [0.25, 0.3) is 0 Å². The molecule has 0 saturated heterocycles. The maximum Gasteiger partial charge on any atom is 0.414 e. The molecule has 0 fully saturated rings. The molecule has 0 amide bonds. The van der Waals surface area contributed by atoms with Crippen molar-refractivity contribution in [3.05, 3.63) is 28.8 Å². The number of carboxylic acids is 2. The Kier molecular flexibility index (Phi) is 9.60. The van der Waals surface area contributed by atoms with Gasteiger partial charge < -0.3 is 25.0 Å². The SMILES string of the molecule is COCC(C)NCc1cc(C)c(OC)cc1C.O=C(O)C(=O)O. The molecule has 0 aliphatic heterocycles. The van der Waals surface area contributed by atoms with Gasteiger partial charge in [0.05, 0.1) is 13.7 Å². The Morgan fingerprint density at radius 1 is 1.13 bits per heavy atom. The number of methoxy groups -OCH3 is 2. The Balaban J connectivity index is 0.000000688. The summed E-state index contributed by atoms with van der Waals surface area (Å²) in [5.41, 5.74) is 3.74. The van der Waals surface area contributed by atoms with Crippen molar-refractivity contribution < 1.29 is 29.3 Å². The topological polar surface area (TPSA) is 105 Å². The highest BCUT2D eigenvalue weighted by atomic mass is 16.5. The minimum absolute atomic E-state index is 0.363. The van der Waals surface area contributed by atoms with Crippen LogP contribution in [0.3, 0.4) is 0 Å². The lowest BCUT2D eigenvalue weighted by atomic mass is 10.0. The summed E-state index contributed by atoms with van der Waals surface area (Å²) in [6, 6.07) is 4.63. The van der Waals surface area contributed by atoms with Gasteiger partial charge in [0.15, 0.2) is 0 Å². The normalized spacial score (nSPS) is 11.2. The van der Waals surface area contributed by atoms with E-state index in [0.29, 0.717) is 6.04 Å². The quantitative estimate of drug-likeness (QED) is 0.681. The summed E-state index contributed by atoms with van der Waals surface area (Å²) in [5.74, 6) is -2.69. The molecule has 3 N–H and O–H groups in total. The number of carbonyl (C=O) groups is 2. The molecule has 0 radical (unpaired) electrons. The van der Waals surface area contributed by atoms with Gasteiger partial charge in [-0.25, -0.2) is 9.59 Å². The first-order valence-corrected chi connectivity index (χ1v) is 7.05. The first kappa shape index (κ1) is 20.9. The Morgan fingerprint density at radius 3 is 2.13 bits per heavy atom. The molecule has 0 spiro atoms. The number of benzene rings is 1. The summed E-state index contributed by atoms with van der Waals surface area (Å²) in [6.45, 7) is 7.89. The Morgan fingerprint density at radius 2 is 1.70 bits per heavy atom. The van der Waals surface area contributed by atoms with Gasteiger partial charge in [0.1, 0.15) is 5.75 Å². The van der Waals surface area contributed by atoms with Gasteiger partial charge in [-0.05, 0) is 43.5 Å². The lowest BCUT2D eigenvalue weighted by molar-refractivity contribution is -0.159. The average molecular weight is 327 g/mol. The van der Waals surface area contributed by atoms with Gasteiger partial charge in [0.2, 0.25) is 0 Å². The second-order valence-corrected chi connectivity index (χ2v) is 5.10. The molecule has 1 aromatic rings. The molecule has 0 aliphatic rings. The highest BCUT2D eigenvalue weighted by Crippen LogP contribution is 2.22. The molecular formula is C16H25NO6. The highest BCUT2D eigenvalue weighted by Gasteiger charge is 2.06. The average Bonchev–Trinajstić information content (AvgIpc) is 2.48. The van der Waals surface area contributed by atoms with Crippen LogP contribution < -0.4 is 10.1 Å². The summed E-state index contributed by atoms with van der Waals surface area (Å²) in [4.78, 5) is 18.2. The van der Waals surface area contributed by atoms with E-state index in [2.05, 4.69) is 38.2 Å². The number of hydrogen-bond donors (Lipinski definition) is 3. The number of carboxylic acid groups (broad SMARTS) is 2. The van der Waals surface area contributed by atoms with E-state index in [9.17, 15) is 0 Å². The standard InChI is InChI=1S/C14H23NO2.C2H2O4/c1-10-7-14(17-5)11(2)6-13(10)8-15-12(3)9-16-4;3-1(4)2(5)6/h6-7,12,15H,8-9H2,1-5H3;(H,3,4)(H,5,6). The maximum absolute atomic E-state index is 9.10. The van der Waals surface area contributed by atoms with Crippen molar-refractivity contribution in [2.24, 2.45) is 0 Å². The van der Waals surface area contributed by atoms with Crippen LogP contribution in [0.25, 0.3) is 0 Å². The van der Waals surface area contributed by atoms with E-state index in [1.165, 1.54) is 16.7 Å². The Labute approximate surface area is 136 Å². The fraction of sp³-hybridized carbons (Fsp3) is 0.500. The lowest BCUT2D eigenvalue weighted by Gasteiger charge is -2.15. The summed E-state index contributed by atoms with van der Waals surface area (Å²) in [7, 11) is 3.43. The molecule has 130 valence electrons. The van der Waals surface area contributed by atoms with E-state index in [4.69, 9.17) is 29.3 Å². The molecule has 0 heterocycles. The molecule has 23 heavy (non-hydrogen) atoms. The monoisotopic (exact) mass is 327 g/mol. The van der Waals surface area contributed by atoms with Gasteiger partial charge in [-0.15, -0.1) is 0 Å². The zero-order chi connectivity index (χ0) is 18.0. The summed E-state index contributed by atoms with van der Waals surface area (Å²) in [6.07, 6.45) is 0. The maximum atomic E-state index is 9.10. The molecule has 0 aliphatic carbocycles. The number of ether oxygens (including phenoxy) is 2. The molecule has 0 saturated carbocycles. The van der Waals surface area contributed by atoms with Crippen molar-refractivity contribution in [3.63, 3.8) is 0 Å². The second-order valence-electron chi connectivity index (χ2n) is 5.10. The Bertz CT molecular complexity index is 518. The second kappa shape index (κ2) is 10.6. The molecule has 1 unspecified atom stereocenters. The third-order valence-electron chi connectivity index (χ3n) is 3.09. The van der Waals surface area contributed by atoms with Crippen LogP contribution >= 0.6 is 0 Å². The van der Waals surface area contributed by atoms with E-state index >= 15 is 0 Å². The van der Waals surface area contributed by atoms with Crippen molar-refractivity contribution in [2.45, 2.75) is 33.4 Å². The fourth-order valence-corrected chi connectivity index (χ4v) is 1.85. The smallest absolute Gasteiger partial charge is 0.414 e. The van der Waals surface area contributed by atoms with Crippen LogP contribution in [0.2, 0.25) is 0 Å².